The molecular weight excluding hydrogens is 262 g/mol. The summed E-state index contributed by atoms with van der Waals surface area (Å²) in [6.45, 7) is 5.08. The molecule has 14 heavy (non-hydrogen) atoms. The maximum atomic E-state index is 6.09. The van der Waals surface area contributed by atoms with Crippen molar-refractivity contribution in [3.05, 3.63) is 16.4 Å². The first-order chi connectivity index (χ1) is 6.70. The maximum Gasteiger partial charge on any atom is 0.0701 e. The SMILES string of the molecule is CCSCC(N)c1c(Br)cnn1CC. The molecule has 0 aliphatic rings. The van der Waals surface area contributed by atoms with Crippen molar-refractivity contribution in [3.63, 3.8) is 0 Å². The lowest BCUT2D eigenvalue weighted by atomic mass is 10.2. The Kier molecular flexibility index (Phi) is 4.98. The summed E-state index contributed by atoms with van der Waals surface area (Å²) in [5.41, 5.74) is 7.20. The molecule has 1 rings (SSSR count). The Hall–Kier alpha value is 0. The number of aryl methyl sites for hydroxylation is 1. The van der Waals surface area contributed by atoms with E-state index in [0.29, 0.717) is 0 Å². The molecule has 0 aliphatic heterocycles. The van der Waals surface area contributed by atoms with Crippen molar-refractivity contribution < 1.29 is 0 Å². The van der Waals surface area contributed by atoms with Crippen molar-refractivity contribution in [3.8, 4) is 0 Å². The smallest absolute Gasteiger partial charge is 0.0701 e. The van der Waals surface area contributed by atoms with Crippen molar-refractivity contribution in [2.24, 2.45) is 5.73 Å². The van der Waals surface area contributed by atoms with E-state index < -0.39 is 0 Å². The minimum Gasteiger partial charge on any atom is -0.322 e. The Morgan fingerprint density at radius 3 is 2.93 bits per heavy atom. The Bertz CT molecular complexity index is 288. The second kappa shape index (κ2) is 5.78. The van der Waals surface area contributed by atoms with Gasteiger partial charge in [-0.15, -0.1) is 0 Å². The van der Waals surface area contributed by atoms with Crippen molar-refractivity contribution in [1.29, 1.82) is 0 Å². The summed E-state index contributed by atoms with van der Waals surface area (Å²) >= 11 is 5.33. The van der Waals surface area contributed by atoms with Gasteiger partial charge in [-0.05, 0) is 28.6 Å². The zero-order valence-corrected chi connectivity index (χ0v) is 10.9. The number of rotatable bonds is 5. The summed E-state index contributed by atoms with van der Waals surface area (Å²) < 4.78 is 2.97. The molecule has 0 amide bonds. The van der Waals surface area contributed by atoms with Gasteiger partial charge in [0.25, 0.3) is 0 Å². The molecule has 3 nitrogen and oxygen atoms in total. The van der Waals surface area contributed by atoms with Crippen molar-refractivity contribution in [1.82, 2.24) is 9.78 Å². The van der Waals surface area contributed by atoms with Crippen LogP contribution < -0.4 is 5.73 Å². The van der Waals surface area contributed by atoms with E-state index in [1.807, 2.05) is 22.6 Å². The van der Waals surface area contributed by atoms with Crippen molar-refractivity contribution in [2.75, 3.05) is 11.5 Å². The first kappa shape index (κ1) is 12.1. The molecule has 1 heterocycles. The summed E-state index contributed by atoms with van der Waals surface area (Å²) in [6.07, 6.45) is 1.81. The van der Waals surface area contributed by atoms with Gasteiger partial charge in [0, 0.05) is 12.3 Å². The molecule has 0 spiro atoms. The lowest BCUT2D eigenvalue weighted by molar-refractivity contribution is 0.591. The minimum absolute atomic E-state index is 0.0665. The minimum atomic E-state index is 0.0665. The second-order valence-electron chi connectivity index (χ2n) is 2.96. The highest BCUT2D eigenvalue weighted by Gasteiger charge is 2.15. The van der Waals surface area contributed by atoms with E-state index in [4.69, 9.17) is 5.73 Å². The first-order valence-corrected chi connectivity index (χ1v) is 6.70. The molecule has 80 valence electrons. The molecule has 0 aliphatic carbocycles. The molecule has 1 aromatic heterocycles. The number of hydrogen-bond acceptors (Lipinski definition) is 3. The van der Waals surface area contributed by atoms with Crippen LogP contribution in [0.15, 0.2) is 10.7 Å². The van der Waals surface area contributed by atoms with E-state index in [0.717, 1.165) is 28.2 Å². The van der Waals surface area contributed by atoms with Crippen LogP contribution in [0.4, 0.5) is 0 Å². The summed E-state index contributed by atoms with van der Waals surface area (Å²) in [5.74, 6) is 2.05. The van der Waals surface area contributed by atoms with Gasteiger partial charge in [0.15, 0.2) is 0 Å². The standard InChI is InChI=1S/C9H16BrN3S/c1-3-13-9(7(10)5-12-13)8(11)6-14-4-2/h5,8H,3-4,6,11H2,1-2H3. The molecule has 1 aromatic rings. The van der Waals surface area contributed by atoms with Gasteiger partial charge < -0.3 is 5.73 Å². The van der Waals surface area contributed by atoms with Crippen LogP contribution in [0.25, 0.3) is 0 Å². The molecule has 2 N–H and O–H groups in total. The van der Waals surface area contributed by atoms with Crippen LogP contribution in [0.5, 0.6) is 0 Å². The average Bonchev–Trinajstić information content (AvgIpc) is 2.56. The lowest BCUT2D eigenvalue weighted by Crippen LogP contribution is -2.18. The normalized spacial score (nSPS) is 13.1. The van der Waals surface area contributed by atoms with Crippen LogP contribution in [-0.2, 0) is 6.54 Å². The van der Waals surface area contributed by atoms with E-state index >= 15 is 0 Å². The summed E-state index contributed by atoms with van der Waals surface area (Å²) in [6, 6.07) is 0.0665. The third-order valence-corrected chi connectivity index (χ3v) is 3.60. The summed E-state index contributed by atoms with van der Waals surface area (Å²) in [7, 11) is 0. The highest BCUT2D eigenvalue weighted by Crippen LogP contribution is 2.24. The number of aromatic nitrogens is 2. The van der Waals surface area contributed by atoms with E-state index in [-0.39, 0.29) is 6.04 Å². The third-order valence-electron chi connectivity index (χ3n) is 1.99. The highest BCUT2D eigenvalue weighted by atomic mass is 79.9. The summed E-state index contributed by atoms with van der Waals surface area (Å²) in [4.78, 5) is 0. The molecular formula is C9H16BrN3S. The van der Waals surface area contributed by atoms with Gasteiger partial charge in [0.1, 0.15) is 0 Å². The first-order valence-electron chi connectivity index (χ1n) is 4.75. The van der Waals surface area contributed by atoms with Gasteiger partial charge in [0.2, 0.25) is 0 Å². The Morgan fingerprint density at radius 1 is 1.64 bits per heavy atom. The van der Waals surface area contributed by atoms with Gasteiger partial charge >= 0.3 is 0 Å². The molecule has 0 aromatic carbocycles. The van der Waals surface area contributed by atoms with Crippen LogP contribution >= 0.6 is 27.7 Å². The number of nitrogens with two attached hydrogens (primary N) is 1. The van der Waals surface area contributed by atoms with Crippen LogP contribution in [0.1, 0.15) is 25.6 Å². The van der Waals surface area contributed by atoms with E-state index in [1.54, 1.807) is 0 Å². The molecule has 0 radical (unpaired) electrons. The monoisotopic (exact) mass is 277 g/mol. The zero-order chi connectivity index (χ0) is 10.6. The number of halogens is 1. The van der Waals surface area contributed by atoms with Gasteiger partial charge in [-0.1, -0.05) is 6.92 Å². The van der Waals surface area contributed by atoms with Gasteiger partial charge in [-0.25, -0.2) is 0 Å². The van der Waals surface area contributed by atoms with Crippen LogP contribution in [0.2, 0.25) is 0 Å². The number of nitrogens with zero attached hydrogens (tertiary/aromatic N) is 2. The number of thioether (sulfide) groups is 1. The van der Waals surface area contributed by atoms with E-state index in [1.165, 1.54) is 0 Å². The predicted molar refractivity (Wildman–Crippen MR) is 65.5 cm³/mol. The fourth-order valence-electron chi connectivity index (χ4n) is 1.32. The van der Waals surface area contributed by atoms with Crippen LogP contribution in [0.3, 0.4) is 0 Å². The highest BCUT2D eigenvalue weighted by molar-refractivity contribution is 9.10. The van der Waals surface area contributed by atoms with Gasteiger partial charge in [0.05, 0.1) is 22.4 Å². The van der Waals surface area contributed by atoms with E-state index in [2.05, 4.69) is 34.9 Å². The fourth-order valence-corrected chi connectivity index (χ4v) is 2.55. The third kappa shape index (κ3) is 2.74. The lowest BCUT2D eigenvalue weighted by Gasteiger charge is -2.13. The summed E-state index contributed by atoms with van der Waals surface area (Å²) in [5, 5.41) is 4.24. The Balaban J connectivity index is 2.76. The second-order valence-corrected chi connectivity index (χ2v) is 5.13. The Morgan fingerprint density at radius 2 is 2.36 bits per heavy atom. The van der Waals surface area contributed by atoms with Crippen molar-refractivity contribution >= 4 is 27.7 Å². The average molecular weight is 278 g/mol. The Labute approximate surface area is 97.6 Å². The molecule has 0 saturated carbocycles. The van der Waals surface area contributed by atoms with Crippen LogP contribution in [0, 0.1) is 0 Å². The molecule has 1 atom stereocenters. The molecule has 0 fully saturated rings. The molecule has 0 bridgehead atoms. The fraction of sp³-hybridized carbons (Fsp3) is 0.667. The van der Waals surface area contributed by atoms with Gasteiger partial charge in [-0.3, -0.25) is 4.68 Å². The zero-order valence-electron chi connectivity index (χ0n) is 8.53. The predicted octanol–water partition coefficient (Wildman–Crippen LogP) is 2.42. The van der Waals surface area contributed by atoms with Gasteiger partial charge in [-0.2, -0.15) is 16.9 Å². The number of hydrogen-bond donors (Lipinski definition) is 1. The van der Waals surface area contributed by atoms with Crippen molar-refractivity contribution in [2.45, 2.75) is 26.4 Å². The molecule has 0 saturated heterocycles. The van der Waals surface area contributed by atoms with E-state index in [9.17, 15) is 0 Å². The molecule has 5 heteroatoms. The van der Waals surface area contributed by atoms with Crippen LogP contribution in [-0.4, -0.2) is 21.3 Å². The molecule has 1 unspecified atom stereocenters. The quantitative estimate of drug-likeness (QED) is 0.899. The largest absolute Gasteiger partial charge is 0.322 e. The topological polar surface area (TPSA) is 43.8 Å². The maximum absolute atomic E-state index is 6.09.